The van der Waals surface area contributed by atoms with Crippen LogP contribution in [0, 0.1) is 27.7 Å². The Morgan fingerprint density at radius 2 is 1.20 bits per heavy atom. The lowest BCUT2D eigenvalue weighted by Gasteiger charge is -2.19. The van der Waals surface area contributed by atoms with Crippen molar-refractivity contribution >= 4 is 39.5 Å². The largest absolute Gasteiger partial charge is 0.363 e. The molecule has 4 rings (SSSR count). The van der Waals surface area contributed by atoms with Gasteiger partial charge >= 0.3 is 0 Å². The van der Waals surface area contributed by atoms with E-state index in [0.717, 1.165) is 13.1 Å². The van der Waals surface area contributed by atoms with Crippen molar-refractivity contribution in [2.24, 2.45) is 0 Å². The molecule has 0 unspecified atom stereocenters. The number of para-hydroxylation sites is 1. The Labute approximate surface area is 158 Å². The van der Waals surface area contributed by atoms with Gasteiger partial charge in [-0.2, -0.15) is 0 Å². The van der Waals surface area contributed by atoms with Crippen LogP contribution in [0.1, 0.15) is 30.6 Å². The smallest absolute Gasteiger partial charge is 0.0443 e. The quantitative estimate of drug-likeness (QED) is 0.514. The summed E-state index contributed by atoms with van der Waals surface area (Å²) in [5.41, 5.74) is 7.21. The maximum atomic E-state index is 2.50. The number of hydrogen-bond donors (Lipinski definition) is 0. The van der Waals surface area contributed by atoms with Gasteiger partial charge in [-0.1, -0.05) is 18.2 Å². The van der Waals surface area contributed by atoms with Crippen LogP contribution >= 0.6 is 22.7 Å². The summed E-state index contributed by atoms with van der Waals surface area (Å²) in [6.07, 6.45) is 0. The molecule has 0 aliphatic carbocycles. The molecule has 0 N–H and O–H groups in total. The second-order valence-corrected chi connectivity index (χ2v) is 9.72. The first-order chi connectivity index (χ1) is 12.0. The number of rotatable bonds is 3. The Morgan fingerprint density at radius 3 is 1.60 bits per heavy atom. The van der Waals surface area contributed by atoms with Gasteiger partial charge in [-0.15, -0.1) is 22.7 Å². The predicted octanol–water partition coefficient (Wildman–Crippen LogP) is 6.47. The second-order valence-electron chi connectivity index (χ2n) is 6.80. The number of anilines is 1. The van der Waals surface area contributed by atoms with Gasteiger partial charge in [-0.3, -0.25) is 0 Å². The third-order valence-electron chi connectivity index (χ3n) is 4.92. The van der Waals surface area contributed by atoms with Gasteiger partial charge in [-0.05, 0) is 74.2 Å². The molecule has 1 nitrogen and oxygen atoms in total. The fraction of sp³-hybridized carbons (Fsp3) is 0.273. The van der Waals surface area contributed by atoms with Gasteiger partial charge in [0.05, 0.1) is 0 Å². The van der Waals surface area contributed by atoms with Gasteiger partial charge in [-0.25, -0.2) is 0 Å². The fourth-order valence-electron chi connectivity index (χ4n) is 3.81. The molecule has 0 saturated heterocycles. The van der Waals surface area contributed by atoms with Crippen LogP contribution in [0.4, 0.5) is 5.69 Å². The molecule has 2 aromatic heterocycles. The SMILES string of the molecule is Cc1cc(C2=C(c3cc(C)sc3C)CN(c3ccccc3)C2)c(C)s1. The van der Waals surface area contributed by atoms with Crippen LogP contribution in [0.5, 0.6) is 0 Å². The van der Waals surface area contributed by atoms with Gasteiger partial charge in [0.25, 0.3) is 0 Å². The van der Waals surface area contributed by atoms with E-state index in [1.165, 1.54) is 47.5 Å². The number of nitrogens with zero attached hydrogens (tertiary/aromatic N) is 1. The maximum Gasteiger partial charge on any atom is 0.0443 e. The Bertz CT molecular complexity index is 886. The summed E-state index contributed by atoms with van der Waals surface area (Å²) in [6.45, 7) is 10.9. The zero-order valence-electron chi connectivity index (χ0n) is 15.2. The summed E-state index contributed by atoms with van der Waals surface area (Å²) >= 11 is 3.82. The lowest BCUT2D eigenvalue weighted by Crippen LogP contribution is -2.20. The number of benzene rings is 1. The molecule has 0 amide bonds. The van der Waals surface area contributed by atoms with E-state index in [2.05, 4.69) is 75.1 Å². The molecule has 0 radical (unpaired) electrons. The van der Waals surface area contributed by atoms with Gasteiger partial charge < -0.3 is 4.90 Å². The van der Waals surface area contributed by atoms with E-state index in [9.17, 15) is 0 Å². The summed E-state index contributed by atoms with van der Waals surface area (Å²) in [6, 6.07) is 15.5. The fourth-order valence-corrected chi connectivity index (χ4v) is 5.71. The van der Waals surface area contributed by atoms with Crippen molar-refractivity contribution in [3.63, 3.8) is 0 Å². The van der Waals surface area contributed by atoms with Gasteiger partial charge in [0.1, 0.15) is 0 Å². The third-order valence-corrected chi connectivity index (χ3v) is 6.85. The molecular weight excluding hydrogens is 342 g/mol. The molecule has 0 atom stereocenters. The number of thiophene rings is 2. The van der Waals surface area contributed by atoms with E-state index in [1.807, 2.05) is 22.7 Å². The van der Waals surface area contributed by atoms with Crippen molar-refractivity contribution in [2.75, 3.05) is 18.0 Å². The van der Waals surface area contributed by atoms with E-state index < -0.39 is 0 Å². The highest BCUT2D eigenvalue weighted by atomic mass is 32.1. The van der Waals surface area contributed by atoms with Crippen LogP contribution in [0.2, 0.25) is 0 Å². The summed E-state index contributed by atoms with van der Waals surface area (Å²) in [7, 11) is 0. The molecule has 1 aliphatic heterocycles. The zero-order valence-corrected chi connectivity index (χ0v) is 16.9. The van der Waals surface area contributed by atoms with Crippen molar-refractivity contribution in [1.82, 2.24) is 0 Å². The lowest BCUT2D eigenvalue weighted by molar-refractivity contribution is 1.02. The van der Waals surface area contributed by atoms with Crippen LogP contribution in [0.15, 0.2) is 42.5 Å². The summed E-state index contributed by atoms with van der Waals surface area (Å²) in [4.78, 5) is 8.17. The zero-order chi connectivity index (χ0) is 17.6. The molecule has 0 fully saturated rings. The minimum atomic E-state index is 0.991. The molecule has 0 saturated carbocycles. The van der Waals surface area contributed by atoms with Crippen molar-refractivity contribution in [1.29, 1.82) is 0 Å². The van der Waals surface area contributed by atoms with Gasteiger partial charge in [0.15, 0.2) is 0 Å². The van der Waals surface area contributed by atoms with Crippen LogP contribution in [-0.2, 0) is 0 Å². The molecule has 128 valence electrons. The summed E-state index contributed by atoms with van der Waals surface area (Å²) < 4.78 is 0. The standard InChI is InChI=1S/C22H23NS2/c1-14-10-19(16(3)24-14)21-12-23(18-8-6-5-7-9-18)13-22(21)20-11-15(2)25-17(20)4/h5-11H,12-13H2,1-4H3. The van der Waals surface area contributed by atoms with E-state index in [1.54, 1.807) is 0 Å². The van der Waals surface area contributed by atoms with E-state index in [0.29, 0.717) is 0 Å². The summed E-state index contributed by atoms with van der Waals surface area (Å²) in [5.74, 6) is 0. The Hall–Kier alpha value is -1.84. The molecule has 1 aromatic carbocycles. The third kappa shape index (κ3) is 3.07. The van der Waals surface area contributed by atoms with Crippen molar-refractivity contribution in [3.05, 3.63) is 73.1 Å². The molecule has 3 heterocycles. The highest BCUT2D eigenvalue weighted by Crippen LogP contribution is 2.41. The molecule has 3 heteroatoms. The van der Waals surface area contributed by atoms with Crippen molar-refractivity contribution < 1.29 is 0 Å². The average Bonchev–Trinajstić information content (AvgIpc) is 3.25. The average molecular weight is 366 g/mol. The highest BCUT2D eigenvalue weighted by molar-refractivity contribution is 7.12. The topological polar surface area (TPSA) is 3.24 Å². The van der Waals surface area contributed by atoms with Gasteiger partial charge in [0, 0.05) is 38.3 Å². The van der Waals surface area contributed by atoms with Crippen LogP contribution < -0.4 is 4.90 Å². The maximum absolute atomic E-state index is 2.50. The molecule has 1 aliphatic rings. The predicted molar refractivity (Wildman–Crippen MR) is 113 cm³/mol. The molecule has 3 aromatic rings. The van der Waals surface area contributed by atoms with Crippen LogP contribution in [0.3, 0.4) is 0 Å². The first-order valence-electron chi connectivity index (χ1n) is 8.70. The van der Waals surface area contributed by atoms with Crippen molar-refractivity contribution in [2.45, 2.75) is 27.7 Å². The Balaban J connectivity index is 1.82. The van der Waals surface area contributed by atoms with Crippen LogP contribution in [0.25, 0.3) is 11.1 Å². The number of aryl methyl sites for hydroxylation is 4. The summed E-state index contributed by atoms with van der Waals surface area (Å²) in [5, 5.41) is 0. The molecular formula is C22H23NS2. The Morgan fingerprint density at radius 1 is 0.720 bits per heavy atom. The van der Waals surface area contributed by atoms with Crippen LogP contribution in [-0.4, -0.2) is 13.1 Å². The normalized spacial score (nSPS) is 14.6. The molecule has 0 bridgehead atoms. The highest BCUT2D eigenvalue weighted by Gasteiger charge is 2.27. The first-order valence-corrected chi connectivity index (χ1v) is 10.3. The first kappa shape index (κ1) is 16.6. The second kappa shape index (κ2) is 6.47. The molecule has 0 spiro atoms. The van der Waals surface area contributed by atoms with Gasteiger partial charge in [0.2, 0.25) is 0 Å². The van der Waals surface area contributed by atoms with E-state index >= 15 is 0 Å². The monoisotopic (exact) mass is 365 g/mol. The van der Waals surface area contributed by atoms with Crippen molar-refractivity contribution in [3.8, 4) is 0 Å². The van der Waals surface area contributed by atoms with E-state index in [4.69, 9.17) is 0 Å². The van der Waals surface area contributed by atoms with E-state index in [-0.39, 0.29) is 0 Å². The lowest BCUT2D eigenvalue weighted by atomic mass is 9.97. The number of hydrogen-bond acceptors (Lipinski definition) is 3. The molecule has 25 heavy (non-hydrogen) atoms. The minimum Gasteiger partial charge on any atom is -0.363 e. The Kier molecular flexibility index (Phi) is 4.30. The minimum absolute atomic E-state index is 0.991.